The van der Waals surface area contributed by atoms with Crippen LogP contribution in [0, 0.1) is 13.8 Å². The number of fused-ring (bicyclic) bond motifs is 1. The number of carbonyl (C=O) groups is 1. The summed E-state index contributed by atoms with van der Waals surface area (Å²) in [5.74, 6) is 0.493. The Kier molecular flexibility index (Phi) is 4.28. The molecule has 0 fully saturated rings. The first-order valence-corrected chi connectivity index (χ1v) is 8.10. The fraction of sp³-hybridized carbons (Fsp3) is 0.471. The van der Waals surface area contributed by atoms with Crippen molar-refractivity contribution in [2.75, 3.05) is 0 Å². The van der Waals surface area contributed by atoms with Gasteiger partial charge in [-0.15, -0.1) is 0 Å². The molecule has 8 nitrogen and oxygen atoms in total. The van der Waals surface area contributed by atoms with E-state index in [9.17, 15) is 4.79 Å². The van der Waals surface area contributed by atoms with E-state index in [1.807, 2.05) is 40.7 Å². The molecule has 0 unspecified atom stereocenters. The van der Waals surface area contributed by atoms with Crippen molar-refractivity contribution in [3.05, 3.63) is 29.5 Å². The highest BCUT2D eigenvalue weighted by Gasteiger charge is 2.19. The molecule has 0 aromatic carbocycles. The summed E-state index contributed by atoms with van der Waals surface area (Å²) < 4.78 is 12.3. The molecule has 3 aromatic heterocycles. The van der Waals surface area contributed by atoms with E-state index < -0.39 is 5.60 Å². The Hall–Kier alpha value is -2.77. The normalized spacial score (nSPS) is 11.9. The monoisotopic (exact) mass is 343 g/mol. The van der Waals surface area contributed by atoms with E-state index in [0.717, 1.165) is 11.4 Å². The maximum atomic E-state index is 11.8. The summed E-state index contributed by atoms with van der Waals surface area (Å²) in [6, 6.07) is 1.95. The van der Waals surface area contributed by atoms with Crippen LogP contribution >= 0.6 is 0 Å². The summed E-state index contributed by atoms with van der Waals surface area (Å²) in [7, 11) is 0. The summed E-state index contributed by atoms with van der Waals surface area (Å²) in [5, 5.41) is 8.31. The number of carbonyl (C=O) groups excluding carboxylic acids is 1. The van der Waals surface area contributed by atoms with Crippen molar-refractivity contribution in [1.82, 2.24) is 24.7 Å². The van der Waals surface area contributed by atoms with Crippen LogP contribution in [0.25, 0.3) is 17.0 Å². The molecule has 25 heavy (non-hydrogen) atoms. The zero-order valence-corrected chi connectivity index (χ0v) is 15.0. The predicted octanol–water partition coefficient (Wildman–Crippen LogP) is 2.67. The van der Waals surface area contributed by atoms with Gasteiger partial charge in [-0.25, -0.2) is 9.50 Å². The van der Waals surface area contributed by atoms with E-state index in [0.29, 0.717) is 29.3 Å². The maximum absolute atomic E-state index is 11.8. The number of hydrogen-bond donors (Lipinski definition) is 0. The van der Waals surface area contributed by atoms with Crippen LogP contribution in [0.5, 0.6) is 0 Å². The fourth-order valence-electron chi connectivity index (χ4n) is 2.50. The second-order valence-electron chi connectivity index (χ2n) is 6.93. The van der Waals surface area contributed by atoms with Gasteiger partial charge in [-0.2, -0.15) is 10.1 Å². The Morgan fingerprint density at radius 1 is 1.28 bits per heavy atom. The molecule has 0 saturated carbocycles. The first kappa shape index (κ1) is 17.1. The molecule has 0 spiro atoms. The van der Waals surface area contributed by atoms with Gasteiger partial charge >= 0.3 is 5.97 Å². The smallest absolute Gasteiger partial charge is 0.306 e. The predicted molar refractivity (Wildman–Crippen MR) is 89.9 cm³/mol. The van der Waals surface area contributed by atoms with E-state index in [1.165, 1.54) is 0 Å². The first-order chi connectivity index (χ1) is 11.7. The van der Waals surface area contributed by atoms with Crippen LogP contribution in [0.4, 0.5) is 0 Å². The van der Waals surface area contributed by atoms with Gasteiger partial charge in [-0.05, 0) is 40.7 Å². The van der Waals surface area contributed by atoms with E-state index in [4.69, 9.17) is 9.26 Å². The third-order valence-corrected chi connectivity index (χ3v) is 3.45. The highest BCUT2D eigenvalue weighted by Crippen LogP contribution is 2.22. The number of ether oxygens (including phenoxy) is 1. The Bertz CT molecular complexity index is 920. The molecular formula is C17H21N5O3. The molecule has 0 bridgehead atoms. The summed E-state index contributed by atoms with van der Waals surface area (Å²) in [6.45, 7) is 9.38. The van der Waals surface area contributed by atoms with Crippen molar-refractivity contribution in [3.63, 3.8) is 0 Å². The molecule has 132 valence electrons. The molecule has 0 radical (unpaired) electrons. The average molecular weight is 343 g/mol. The lowest BCUT2D eigenvalue weighted by Crippen LogP contribution is -2.24. The largest absolute Gasteiger partial charge is 0.460 e. The minimum absolute atomic E-state index is 0.185. The van der Waals surface area contributed by atoms with Gasteiger partial charge in [0.25, 0.3) is 0 Å². The molecule has 0 atom stereocenters. The third kappa shape index (κ3) is 3.84. The Morgan fingerprint density at radius 3 is 2.76 bits per heavy atom. The van der Waals surface area contributed by atoms with Gasteiger partial charge in [-0.1, -0.05) is 5.16 Å². The number of aryl methyl sites for hydroxylation is 3. The van der Waals surface area contributed by atoms with Gasteiger partial charge in [0.2, 0.25) is 11.7 Å². The van der Waals surface area contributed by atoms with E-state index in [1.54, 1.807) is 10.7 Å². The highest BCUT2D eigenvalue weighted by molar-refractivity contribution is 5.72. The number of rotatable bonds is 4. The second kappa shape index (κ2) is 6.27. The van der Waals surface area contributed by atoms with E-state index in [2.05, 4.69) is 20.2 Å². The van der Waals surface area contributed by atoms with Crippen molar-refractivity contribution in [1.29, 1.82) is 0 Å². The number of hydrogen-bond acceptors (Lipinski definition) is 7. The molecule has 0 saturated heterocycles. The fourth-order valence-corrected chi connectivity index (χ4v) is 2.50. The van der Waals surface area contributed by atoms with Crippen molar-refractivity contribution < 1.29 is 14.1 Å². The summed E-state index contributed by atoms with van der Waals surface area (Å²) in [4.78, 5) is 20.6. The lowest BCUT2D eigenvalue weighted by Gasteiger charge is -2.19. The van der Waals surface area contributed by atoms with Gasteiger partial charge in [0.1, 0.15) is 5.60 Å². The van der Waals surface area contributed by atoms with Gasteiger partial charge in [0, 0.05) is 17.8 Å². The van der Waals surface area contributed by atoms with Crippen LogP contribution < -0.4 is 0 Å². The summed E-state index contributed by atoms with van der Waals surface area (Å²) in [6.07, 6.45) is 2.17. The Morgan fingerprint density at radius 2 is 2.04 bits per heavy atom. The van der Waals surface area contributed by atoms with E-state index >= 15 is 0 Å². The minimum atomic E-state index is -0.504. The van der Waals surface area contributed by atoms with Crippen LogP contribution in [-0.2, 0) is 16.0 Å². The topological polar surface area (TPSA) is 95.4 Å². The molecule has 3 aromatic rings. The first-order valence-electron chi connectivity index (χ1n) is 8.10. The lowest BCUT2D eigenvalue weighted by molar-refractivity contribution is -0.154. The standard InChI is InChI=1S/C17H21N5O3/c1-10-8-11(2)22-16(19-10)12(9-18-22)15-20-13(25-21-15)6-7-14(23)24-17(3,4)5/h8-9H,6-7H2,1-5H3. The van der Waals surface area contributed by atoms with Crippen LogP contribution in [0.2, 0.25) is 0 Å². The SMILES string of the molecule is Cc1cc(C)n2ncc(-c3noc(CCC(=O)OC(C)(C)C)n3)c2n1. The summed E-state index contributed by atoms with van der Waals surface area (Å²) in [5.41, 5.74) is 2.73. The van der Waals surface area contributed by atoms with Crippen LogP contribution in [-0.4, -0.2) is 36.3 Å². The van der Waals surface area contributed by atoms with Gasteiger partial charge in [-0.3, -0.25) is 4.79 Å². The number of nitrogens with zero attached hydrogens (tertiary/aromatic N) is 5. The Balaban J connectivity index is 1.77. The van der Waals surface area contributed by atoms with Crippen LogP contribution in [0.15, 0.2) is 16.8 Å². The zero-order chi connectivity index (χ0) is 18.2. The van der Waals surface area contributed by atoms with Gasteiger partial charge in [0.15, 0.2) is 5.65 Å². The minimum Gasteiger partial charge on any atom is -0.460 e. The van der Waals surface area contributed by atoms with Crippen molar-refractivity contribution in [2.24, 2.45) is 0 Å². The van der Waals surface area contributed by atoms with E-state index in [-0.39, 0.29) is 12.4 Å². The zero-order valence-electron chi connectivity index (χ0n) is 15.0. The summed E-state index contributed by atoms with van der Waals surface area (Å²) >= 11 is 0. The molecule has 0 aliphatic carbocycles. The maximum Gasteiger partial charge on any atom is 0.306 e. The van der Waals surface area contributed by atoms with Gasteiger partial charge < -0.3 is 9.26 Å². The third-order valence-electron chi connectivity index (χ3n) is 3.45. The molecule has 0 aliphatic heterocycles. The molecular weight excluding hydrogens is 322 g/mol. The molecule has 0 amide bonds. The number of aromatic nitrogens is 5. The van der Waals surface area contributed by atoms with Crippen molar-refractivity contribution >= 4 is 11.6 Å². The van der Waals surface area contributed by atoms with Crippen molar-refractivity contribution in [2.45, 2.75) is 53.1 Å². The molecule has 3 heterocycles. The lowest BCUT2D eigenvalue weighted by atomic mass is 10.2. The molecule has 0 aliphatic rings. The van der Waals surface area contributed by atoms with Crippen LogP contribution in [0.3, 0.4) is 0 Å². The highest BCUT2D eigenvalue weighted by atomic mass is 16.6. The molecule has 8 heteroatoms. The molecule has 0 N–H and O–H groups in total. The number of esters is 1. The quantitative estimate of drug-likeness (QED) is 0.672. The van der Waals surface area contributed by atoms with Crippen molar-refractivity contribution in [3.8, 4) is 11.4 Å². The Labute approximate surface area is 145 Å². The average Bonchev–Trinajstić information content (AvgIpc) is 3.09. The van der Waals surface area contributed by atoms with Crippen LogP contribution in [0.1, 0.15) is 44.5 Å². The molecule has 3 rings (SSSR count). The second-order valence-corrected chi connectivity index (χ2v) is 6.93. The van der Waals surface area contributed by atoms with Gasteiger partial charge in [0.05, 0.1) is 18.2 Å².